The SMILES string of the molecule is C=CC1CC(=O)C([C@H](CC=CC)CC(=O)O)C1C=CCCCCCCO. The van der Waals surface area contributed by atoms with Crippen LogP contribution in [-0.2, 0) is 9.59 Å². The number of allylic oxidation sites excluding steroid dienone is 5. The molecule has 26 heavy (non-hydrogen) atoms. The van der Waals surface area contributed by atoms with Crippen molar-refractivity contribution < 1.29 is 19.8 Å². The molecule has 4 heteroatoms. The molecular formula is C22H34O4. The average molecular weight is 363 g/mol. The van der Waals surface area contributed by atoms with Crippen molar-refractivity contribution in [2.45, 2.75) is 58.3 Å². The number of carboxylic acid groups (broad SMARTS) is 1. The monoisotopic (exact) mass is 362 g/mol. The van der Waals surface area contributed by atoms with E-state index >= 15 is 0 Å². The zero-order valence-electron chi connectivity index (χ0n) is 16.0. The molecule has 0 saturated heterocycles. The molecule has 1 rings (SSSR count). The van der Waals surface area contributed by atoms with E-state index in [1.54, 1.807) is 0 Å². The molecule has 1 aliphatic carbocycles. The van der Waals surface area contributed by atoms with Gasteiger partial charge in [-0.3, -0.25) is 9.59 Å². The molecule has 3 unspecified atom stereocenters. The highest BCUT2D eigenvalue weighted by molar-refractivity contribution is 5.85. The molecule has 1 aliphatic rings. The van der Waals surface area contributed by atoms with Crippen molar-refractivity contribution in [3.8, 4) is 0 Å². The van der Waals surface area contributed by atoms with Gasteiger partial charge in [0.05, 0.1) is 0 Å². The number of carbonyl (C=O) groups excluding carboxylic acids is 1. The topological polar surface area (TPSA) is 74.6 Å². The molecule has 146 valence electrons. The first-order valence-electron chi connectivity index (χ1n) is 9.80. The van der Waals surface area contributed by atoms with Crippen LogP contribution < -0.4 is 0 Å². The van der Waals surface area contributed by atoms with Crippen LogP contribution in [0.15, 0.2) is 37.0 Å². The zero-order valence-corrected chi connectivity index (χ0v) is 16.0. The minimum Gasteiger partial charge on any atom is -0.481 e. The summed E-state index contributed by atoms with van der Waals surface area (Å²) in [6.45, 7) is 6.04. The number of carbonyl (C=O) groups is 2. The molecule has 0 aromatic carbocycles. The molecule has 4 atom stereocenters. The van der Waals surface area contributed by atoms with Crippen molar-refractivity contribution in [3.05, 3.63) is 37.0 Å². The molecule has 0 bridgehead atoms. The first-order valence-corrected chi connectivity index (χ1v) is 9.80. The smallest absolute Gasteiger partial charge is 0.303 e. The molecule has 0 radical (unpaired) electrons. The molecular weight excluding hydrogens is 328 g/mol. The summed E-state index contributed by atoms with van der Waals surface area (Å²) >= 11 is 0. The fourth-order valence-electron chi connectivity index (χ4n) is 3.94. The van der Waals surface area contributed by atoms with Gasteiger partial charge in [-0.2, -0.15) is 0 Å². The van der Waals surface area contributed by atoms with Crippen LogP contribution in [0.4, 0.5) is 0 Å². The third-order valence-corrected chi connectivity index (χ3v) is 5.28. The quantitative estimate of drug-likeness (QED) is 0.372. The Morgan fingerprint density at radius 2 is 2.00 bits per heavy atom. The normalized spacial score (nSPS) is 24.5. The van der Waals surface area contributed by atoms with Crippen molar-refractivity contribution in [2.75, 3.05) is 6.61 Å². The lowest BCUT2D eigenvalue weighted by atomic mass is 9.77. The van der Waals surface area contributed by atoms with Crippen LogP contribution in [0.3, 0.4) is 0 Å². The second-order valence-corrected chi connectivity index (χ2v) is 7.19. The third kappa shape index (κ3) is 7.28. The molecule has 0 aromatic rings. The van der Waals surface area contributed by atoms with E-state index in [4.69, 9.17) is 5.11 Å². The zero-order chi connectivity index (χ0) is 19.4. The van der Waals surface area contributed by atoms with E-state index in [0.717, 1.165) is 32.1 Å². The van der Waals surface area contributed by atoms with Crippen molar-refractivity contribution >= 4 is 11.8 Å². The van der Waals surface area contributed by atoms with Gasteiger partial charge in [0.25, 0.3) is 0 Å². The summed E-state index contributed by atoms with van der Waals surface area (Å²) in [4.78, 5) is 23.9. The van der Waals surface area contributed by atoms with E-state index in [2.05, 4.69) is 18.7 Å². The number of hydrogen-bond acceptors (Lipinski definition) is 3. The standard InChI is InChI=1S/C22H34O4/c1-3-5-12-18(16-21(25)26)22-19(17(4-2)15-20(22)24)13-10-8-6-7-9-11-14-23/h3-5,10,13,17-19,22-23H,2,6-9,11-12,14-16H2,1H3,(H,25,26)/t17?,18-,19?,22?/m1/s1. The summed E-state index contributed by atoms with van der Waals surface area (Å²) in [5.74, 6) is -0.937. The van der Waals surface area contributed by atoms with E-state index in [-0.39, 0.29) is 42.5 Å². The summed E-state index contributed by atoms with van der Waals surface area (Å²) < 4.78 is 0. The summed E-state index contributed by atoms with van der Waals surface area (Å²) in [7, 11) is 0. The van der Waals surface area contributed by atoms with E-state index < -0.39 is 5.97 Å². The van der Waals surface area contributed by atoms with Crippen LogP contribution in [0, 0.1) is 23.7 Å². The minimum atomic E-state index is -0.846. The maximum Gasteiger partial charge on any atom is 0.303 e. The molecule has 0 heterocycles. The van der Waals surface area contributed by atoms with Crippen LogP contribution in [0.5, 0.6) is 0 Å². The number of hydrogen-bond donors (Lipinski definition) is 2. The maximum atomic E-state index is 12.6. The summed E-state index contributed by atoms with van der Waals surface area (Å²) in [6.07, 6.45) is 16.1. The van der Waals surface area contributed by atoms with Crippen molar-refractivity contribution in [1.82, 2.24) is 0 Å². The van der Waals surface area contributed by atoms with Crippen molar-refractivity contribution in [2.24, 2.45) is 23.7 Å². The molecule has 4 nitrogen and oxygen atoms in total. The predicted octanol–water partition coefficient (Wildman–Crippen LogP) is 4.55. The van der Waals surface area contributed by atoms with Gasteiger partial charge in [0.15, 0.2) is 0 Å². The van der Waals surface area contributed by atoms with Gasteiger partial charge in [-0.05, 0) is 50.4 Å². The Kier molecular flexibility index (Phi) is 10.9. The first-order chi connectivity index (χ1) is 12.5. The lowest BCUT2D eigenvalue weighted by Gasteiger charge is -2.26. The molecule has 0 aliphatic heterocycles. The van der Waals surface area contributed by atoms with Gasteiger partial charge in [-0.15, -0.1) is 6.58 Å². The maximum absolute atomic E-state index is 12.6. The van der Waals surface area contributed by atoms with Gasteiger partial charge >= 0.3 is 5.97 Å². The highest BCUT2D eigenvalue weighted by Crippen LogP contribution is 2.42. The Morgan fingerprint density at radius 1 is 1.27 bits per heavy atom. The van der Waals surface area contributed by atoms with Gasteiger partial charge < -0.3 is 10.2 Å². The number of aliphatic hydroxyl groups is 1. The highest BCUT2D eigenvalue weighted by Gasteiger charge is 2.43. The van der Waals surface area contributed by atoms with Gasteiger partial charge in [-0.25, -0.2) is 0 Å². The Hall–Kier alpha value is -1.68. The molecule has 0 amide bonds. The van der Waals surface area contributed by atoms with E-state index in [1.165, 1.54) is 0 Å². The first kappa shape index (κ1) is 22.4. The van der Waals surface area contributed by atoms with E-state index in [0.29, 0.717) is 12.8 Å². The van der Waals surface area contributed by atoms with E-state index in [1.807, 2.05) is 25.2 Å². The predicted molar refractivity (Wildman–Crippen MR) is 105 cm³/mol. The average Bonchev–Trinajstić information content (AvgIpc) is 2.93. The van der Waals surface area contributed by atoms with E-state index in [9.17, 15) is 14.7 Å². The van der Waals surface area contributed by atoms with Crippen LogP contribution >= 0.6 is 0 Å². The summed E-state index contributed by atoms with van der Waals surface area (Å²) in [5, 5.41) is 18.1. The highest BCUT2D eigenvalue weighted by atomic mass is 16.4. The van der Waals surface area contributed by atoms with Gasteiger partial charge in [0.1, 0.15) is 5.78 Å². The molecule has 1 saturated carbocycles. The minimum absolute atomic E-state index is 0.0239. The van der Waals surface area contributed by atoms with Crippen LogP contribution in [0.2, 0.25) is 0 Å². The number of aliphatic hydroxyl groups excluding tert-OH is 1. The summed E-state index contributed by atoms with van der Waals surface area (Å²) in [5.41, 5.74) is 0. The third-order valence-electron chi connectivity index (χ3n) is 5.28. The van der Waals surface area contributed by atoms with Gasteiger partial charge in [0.2, 0.25) is 0 Å². The Morgan fingerprint density at radius 3 is 2.62 bits per heavy atom. The number of unbranched alkanes of at least 4 members (excludes halogenated alkanes) is 4. The lowest BCUT2D eigenvalue weighted by Crippen LogP contribution is -2.27. The van der Waals surface area contributed by atoms with Crippen LogP contribution in [0.25, 0.3) is 0 Å². The molecule has 0 aromatic heterocycles. The van der Waals surface area contributed by atoms with Crippen molar-refractivity contribution in [3.63, 3.8) is 0 Å². The number of ketones is 1. The number of rotatable bonds is 13. The molecule has 1 fully saturated rings. The number of carboxylic acids is 1. The second kappa shape index (κ2) is 12.6. The fraction of sp³-hybridized carbons (Fsp3) is 0.636. The number of Topliss-reactive ketones (excluding diaryl/α,β-unsaturated/α-hetero) is 1. The number of aliphatic carboxylic acids is 1. The van der Waals surface area contributed by atoms with Crippen LogP contribution in [0.1, 0.15) is 58.3 Å². The van der Waals surface area contributed by atoms with Crippen LogP contribution in [-0.4, -0.2) is 28.6 Å². The second-order valence-electron chi connectivity index (χ2n) is 7.19. The Balaban J connectivity index is 2.79. The lowest BCUT2D eigenvalue weighted by molar-refractivity contribution is -0.139. The summed E-state index contributed by atoms with van der Waals surface area (Å²) in [6, 6.07) is 0. The van der Waals surface area contributed by atoms with Gasteiger partial charge in [0, 0.05) is 25.4 Å². The van der Waals surface area contributed by atoms with Gasteiger partial charge in [-0.1, -0.05) is 43.2 Å². The van der Waals surface area contributed by atoms with Crippen molar-refractivity contribution in [1.29, 1.82) is 0 Å². The Bertz CT molecular complexity index is 506. The molecule has 2 N–H and O–H groups in total. The Labute approximate surface area is 157 Å². The molecule has 0 spiro atoms. The largest absolute Gasteiger partial charge is 0.481 e. The fourth-order valence-corrected chi connectivity index (χ4v) is 3.94.